The number of carbonyl (C=O) groups excluding carboxylic acids is 1. The van der Waals surface area contributed by atoms with Gasteiger partial charge in [-0.25, -0.2) is 0 Å². The van der Waals surface area contributed by atoms with Gasteiger partial charge in [0.15, 0.2) is 0 Å². The minimum atomic E-state index is 0.108. The molecule has 1 rings (SSSR count). The van der Waals surface area contributed by atoms with Gasteiger partial charge in [-0.2, -0.15) is 0 Å². The Morgan fingerprint density at radius 2 is 1.88 bits per heavy atom. The molecule has 0 aromatic carbocycles. The van der Waals surface area contributed by atoms with Crippen LogP contribution in [0.2, 0.25) is 0 Å². The van der Waals surface area contributed by atoms with Gasteiger partial charge in [0.1, 0.15) is 0 Å². The smallest absolute Gasteiger partial charge is 0.220 e. The van der Waals surface area contributed by atoms with Crippen LogP contribution in [0, 0.1) is 0 Å². The topological polar surface area (TPSA) is 41.1 Å². The Bertz CT molecular complexity index is 351. The maximum absolute atomic E-state index is 11.5. The number of nitrogens with one attached hydrogen (secondary N) is 2. The highest BCUT2D eigenvalue weighted by molar-refractivity contribution is 5.76. The highest BCUT2D eigenvalue weighted by Crippen LogP contribution is 2.09. The van der Waals surface area contributed by atoms with Crippen molar-refractivity contribution < 1.29 is 4.79 Å². The summed E-state index contributed by atoms with van der Waals surface area (Å²) < 4.78 is 0. The molecule has 1 amide bonds. The van der Waals surface area contributed by atoms with Crippen molar-refractivity contribution in [2.24, 2.45) is 0 Å². The number of rotatable bonds is 6. The highest BCUT2D eigenvalue weighted by atomic mass is 16.1. The van der Waals surface area contributed by atoms with Crippen LogP contribution in [0.3, 0.4) is 0 Å². The first-order valence-electron chi connectivity index (χ1n) is 5.95. The average molecular weight is 232 g/mol. The van der Waals surface area contributed by atoms with Crippen LogP contribution in [0.15, 0.2) is 48.1 Å². The van der Waals surface area contributed by atoms with E-state index in [9.17, 15) is 4.79 Å². The summed E-state index contributed by atoms with van der Waals surface area (Å²) >= 11 is 0. The van der Waals surface area contributed by atoms with E-state index in [2.05, 4.69) is 10.6 Å². The summed E-state index contributed by atoms with van der Waals surface area (Å²) in [4.78, 5) is 11.5. The Kier molecular flexibility index (Phi) is 6.75. The van der Waals surface area contributed by atoms with Gasteiger partial charge >= 0.3 is 0 Å². The molecular formula is C14H20N2O. The van der Waals surface area contributed by atoms with Crippen LogP contribution in [0.5, 0.6) is 0 Å². The fourth-order valence-corrected chi connectivity index (χ4v) is 1.45. The van der Waals surface area contributed by atoms with Gasteiger partial charge in [-0.1, -0.05) is 42.5 Å². The molecule has 92 valence electrons. The third kappa shape index (κ3) is 6.53. The number of amides is 1. The summed E-state index contributed by atoms with van der Waals surface area (Å²) in [6, 6.07) is 0. The van der Waals surface area contributed by atoms with Gasteiger partial charge in [-0.05, 0) is 19.0 Å². The zero-order chi connectivity index (χ0) is 12.3. The van der Waals surface area contributed by atoms with Crippen molar-refractivity contribution in [2.75, 3.05) is 20.1 Å². The predicted molar refractivity (Wildman–Crippen MR) is 71.7 cm³/mol. The van der Waals surface area contributed by atoms with E-state index < -0.39 is 0 Å². The second kappa shape index (κ2) is 8.53. The van der Waals surface area contributed by atoms with E-state index in [0.717, 1.165) is 13.0 Å². The molecule has 3 heteroatoms. The molecule has 0 radical (unpaired) electrons. The van der Waals surface area contributed by atoms with Crippen LogP contribution in [0.25, 0.3) is 0 Å². The average Bonchev–Trinajstić information content (AvgIpc) is 2.28. The fourth-order valence-electron chi connectivity index (χ4n) is 1.45. The largest absolute Gasteiger partial charge is 0.355 e. The van der Waals surface area contributed by atoms with Crippen LogP contribution in [-0.2, 0) is 4.79 Å². The first-order valence-corrected chi connectivity index (χ1v) is 5.95. The molecule has 3 nitrogen and oxygen atoms in total. The van der Waals surface area contributed by atoms with Crippen molar-refractivity contribution >= 4 is 5.91 Å². The van der Waals surface area contributed by atoms with Crippen molar-refractivity contribution in [3.8, 4) is 0 Å². The third-order valence-electron chi connectivity index (χ3n) is 2.40. The van der Waals surface area contributed by atoms with Crippen LogP contribution >= 0.6 is 0 Å². The summed E-state index contributed by atoms with van der Waals surface area (Å²) in [7, 11) is 1.87. The van der Waals surface area contributed by atoms with E-state index in [4.69, 9.17) is 0 Å². The molecule has 0 aromatic heterocycles. The molecule has 0 heterocycles. The van der Waals surface area contributed by atoms with E-state index in [-0.39, 0.29) is 5.91 Å². The Hall–Kier alpha value is -1.61. The molecule has 0 bridgehead atoms. The van der Waals surface area contributed by atoms with Gasteiger partial charge < -0.3 is 10.6 Å². The second-order valence-corrected chi connectivity index (χ2v) is 3.82. The van der Waals surface area contributed by atoms with Crippen molar-refractivity contribution in [3.63, 3.8) is 0 Å². The van der Waals surface area contributed by atoms with Crippen molar-refractivity contribution in [3.05, 3.63) is 48.1 Å². The SMILES string of the molecule is CNCCNC(=O)CCC1=C/C=C\C=C/C=C1. The van der Waals surface area contributed by atoms with E-state index >= 15 is 0 Å². The minimum absolute atomic E-state index is 0.108. The van der Waals surface area contributed by atoms with Gasteiger partial charge in [-0.15, -0.1) is 0 Å². The lowest BCUT2D eigenvalue weighted by Gasteiger charge is -2.05. The first-order chi connectivity index (χ1) is 8.33. The first kappa shape index (κ1) is 13.5. The van der Waals surface area contributed by atoms with Crippen molar-refractivity contribution in [2.45, 2.75) is 12.8 Å². The van der Waals surface area contributed by atoms with Gasteiger partial charge in [0.2, 0.25) is 5.91 Å². The monoisotopic (exact) mass is 232 g/mol. The molecule has 0 atom stereocenters. The maximum atomic E-state index is 11.5. The lowest BCUT2D eigenvalue weighted by molar-refractivity contribution is -0.121. The molecule has 17 heavy (non-hydrogen) atoms. The molecule has 1 aliphatic carbocycles. The van der Waals surface area contributed by atoms with Crippen LogP contribution < -0.4 is 10.6 Å². The molecule has 0 unspecified atom stereocenters. The lowest BCUT2D eigenvalue weighted by atomic mass is 10.1. The fraction of sp³-hybridized carbons (Fsp3) is 0.357. The van der Waals surface area contributed by atoms with E-state index in [0.29, 0.717) is 13.0 Å². The van der Waals surface area contributed by atoms with Gasteiger partial charge in [0, 0.05) is 19.5 Å². The third-order valence-corrected chi connectivity index (χ3v) is 2.40. The molecule has 0 aromatic rings. The Balaban J connectivity index is 2.27. The van der Waals surface area contributed by atoms with Crippen molar-refractivity contribution in [1.82, 2.24) is 10.6 Å². The van der Waals surface area contributed by atoms with Crippen LogP contribution in [0.1, 0.15) is 12.8 Å². The van der Waals surface area contributed by atoms with Gasteiger partial charge in [-0.3, -0.25) is 4.79 Å². The van der Waals surface area contributed by atoms with E-state index in [1.54, 1.807) is 0 Å². The molecule has 2 N–H and O–H groups in total. The zero-order valence-corrected chi connectivity index (χ0v) is 10.3. The van der Waals surface area contributed by atoms with Gasteiger partial charge in [0.05, 0.1) is 0 Å². The van der Waals surface area contributed by atoms with E-state index in [1.165, 1.54) is 5.57 Å². The van der Waals surface area contributed by atoms with E-state index in [1.807, 2.05) is 49.6 Å². The number of likely N-dealkylation sites (N-methyl/N-ethyl adjacent to an activating group) is 1. The van der Waals surface area contributed by atoms with Gasteiger partial charge in [0.25, 0.3) is 0 Å². The molecule has 0 spiro atoms. The predicted octanol–water partition coefficient (Wildman–Crippen LogP) is 1.71. The standard InChI is InChI=1S/C14H20N2O/c1-15-11-12-16-14(17)10-9-13-7-5-3-2-4-6-8-13/h2-8,15H,9-12H2,1H3,(H,16,17)/b3-2-,4-2?,5-3?,6-4-,7-5?,8-6?,13-7?,13-8?. The number of hydrogen-bond donors (Lipinski definition) is 2. The summed E-state index contributed by atoms with van der Waals surface area (Å²) in [5, 5.41) is 5.86. The molecule has 0 saturated heterocycles. The Morgan fingerprint density at radius 3 is 2.71 bits per heavy atom. The van der Waals surface area contributed by atoms with Crippen LogP contribution in [0.4, 0.5) is 0 Å². The maximum Gasteiger partial charge on any atom is 0.220 e. The lowest BCUT2D eigenvalue weighted by Crippen LogP contribution is -2.30. The summed E-state index contributed by atoms with van der Waals surface area (Å²) in [6.07, 6.45) is 15.3. The number of carbonyl (C=O) groups is 1. The second-order valence-electron chi connectivity index (χ2n) is 3.82. The molecule has 0 saturated carbocycles. The minimum Gasteiger partial charge on any atom is -0.355 e. The number of hydrogen-bond acceptors (Lipinski definition) is 2. The van der Waals surface area contributed by atoms with Crippen molar-refractivity contribution in [1.29, 1.82) is 0 Å². The molecule has 0 fully saturated rings. The highest BCUT2D eigenvalue weighted by Gasteiger charge is 2.01. The summed E-state index contributed by atoms with van der Waals surface area (Å²) in [5.74, 6) is 0.108. The zero-order valence-electron chi connectivity index (χ0n) is 10.3. The molecule has 0 aliphatic heterocycles. The Morgan fingerprint density at radius 1 is 1.12 bits per heavy atom. The quantitative estimate of drug-likeness (QED) is 0.685. The normalized spacial score (nSPS) is 17.8. The van der Waals surface area contributed by atoms with Crippen LogP contribution in [-0.4, -0.2) is 26.0 Å². The Labute approximate surface area is 103 Å². The summed E-state index contributed by atoms with van der Waals surface area (Å²) in [6.45, 7) is 1.49. The molecular weight excluding hydrogens is 212 g/mol. The molecule has 1 aliphatic rings. The number of allylic oxidation sites excluding steroid dienone is 8. The summed E-state index contributed by atoms with van der Waals surface area (Å²) in [5.41, 5.74) is 1.18.